The number of sulfonamides is 1. The molecule has 0 heterocycles. The van der Waals surface area contributed by atoms with Crippen LogP contribution in [0.2, 0.25) is 10.0 Å². The molecule has 41 heavy (non-hydrogen) atoms. The molecule has 1 unspecified atom stereocenters. The summed E-state index contributed by atoms with van der Waals surface area (Å²) >= 11 is 12.3. The van der Waals surface area contributed by atoms with Crippen LogP contribution in [-0.2, 0) is 26.2 Å². The van der Waals surface area contributed by atoms with Crippen molar-refractivity contribution in [1.82, 2.24) is 10.2 Å². The van der Waals surface area contributed by atoms with Gasteiger partial charge in [0.15, 0.2) is 0 Å². The van der Waals surface area contributed by atoms with Crippen molar-refractivity contribution in [2.24, 2.45) is 5.92 Å². The second-order valence-corrected chi connectivity index (χ2v) is 12.5. The summed E-state index contributed by atoms with van der Waals surface area (Å²) in [5.74, 6) is -0.260. The predicted molar refractivity (Wildman–Crippen MR) is 163 cm³/mol. The van der Waals surface area contributed by atoms with Crippen molar-refractivity contribution in [2.75, 3.05) is 24.5 Å². The lowest BCUT2D eigenvalue weighted by Crippen LogP contribution is -2.52. The van der Waals surface area contributed by atoms with Gasteiger partial charge in [-0.05, 0) is 54.3 Å². The molecule has 3 rings (SSSR count). The predicted octanol–water partition coefficient (Wildman–Crippen LogP) is 5.78. The molecule has 0 spiro atoms. The van der Waals surface area contributed by atoms with E-state index < -0.39 is 28.5 Å². The second-order valence-electron chi connectivity index (χ2n) is 9.86. The van der Waals surface area contributed by atoms with E-state index in [0.29, 0.717) is 34.3 Å². The summed E-state index contributed by atoms with van der Waals surface area (Å²) in [4.78, 5) is 28.8. The molecule has 0 aromatic heterocycles. The highest BCUT2D eigenvalue weighted by molar-refractivity contribution is 7.92. The Balaban J connectivity index is 2.07. The highest BCUT2D eigenvalue weighted by Crippen LogP contribution is 2.28. The van der Waals surface area contributed by atoms with E-state index in [4.69, 9.17) is 27.9 Å². The lowest BCUT2D eigenvalue weighted by molar-refractivity contribution is -0.140. The minimum atomic E-state index is -4.18. The van der Waals surface area contributed by atoms with Gasteiger partial charge in [0.1, 0.15) is 18.3 Å². The minimum absolute atomic E-state index is 0.0145. The van der Waals surface area contributed by atoms with Crippen LogP contribution >= 0.6 is 23.2 Å². The lowest BCUT2D eigenvalue weighted by Gasteiger charge is -2.33. The van der Waals surface area contributed by atoms with E-state index in [2.05, 4.69) is 5.32 Å². The first kappa shape index (κ1) is 32.2. The van der Waals surface area contributed by atoms with Gasteiger partial charge >= 0.3 is 0 Å². The van der Waals surface area contributed by atoms with Crippen LogP contribution in [0.15, 0.2) is 77.7 Å². The summed E-state index contributed by atoms with van der Waals surface area (Å²) in [6, 6.07) is 18.4. The van der Waals surface area contributed by atoms with Crippen molar-refractivity contribution in [3.8, 4) is 5.75 Å². The number of rotatable bonds is 13. The summed E-state index contributed by atoms with van der Waals surface area (Å²) in [7, 11) is -2.70. The molecule has 220 valence electrons. The highest BCUT2D eigenvalue weighted by atomic mass is 35.5. The summed E-state index contributed by atoms with van der Waals surface area (Å²) in [5, 5.41) is 3.56. The molecule has 0 aliphatic carbocycles. The third kappa shape index (κ3) is 8.38. The summed E-state index contributed by atoms with van der Waals surface area (Å²) in [6.07, 6.45) is 0.307. The zero-order valence-electron chi connectivity index (χ0n) is 23.5. The average Bonchev–Trinajstić information content (AvgIpc) is 2.96. The van der Waals surface area contributed by atoms with Crippen LogP contribution in [0.5, 0.6) is 5.75 Å². The molecule has 0 saturated carbocycles. The van der Waals surface area contributed by atoms with Crippen LogP contribution < -0.4 is 14.4 Å². The summed E-state index contributed by atoms with van der Waals surface area (Å²) < 4.78 is 34.1. The molecule has 0 aliphatic heterocycles. The molecule has 0 radical (unpaired) electrons. The number of halogens is 2. The average molecular weight is 621 g/mol. The molecule has 8 nitrogen and oxygen atoms in total. The standard InChI is InChI=1S/C30H35Cl2N3O5S/c1-5-28(30(37)33-18-21(2)3)34(19-22-14-15-26(31)27(32)16-22)29(36)20-35(23-10-9-11-24(17-23)40-4)41(38,39)25-12-7-6-8-13-25/h6-17,21,28H,5,18-20H2,1-4H3,(H,33,37). The fraction of sp³-hybridized carbons (Fsp3) is 0.333. The Morgan fingerprint density at radius 2 is 1.66 bits per heavy atom. The van der Waals surface area contributed by atoms with E-state index in [0.717, 1.165) is 4.31 Å². The van der Waals surface area contributed by atoms with Gasteiger partial charge in [-0.3, -0.25) is 13.9 Å². The molecule has 0 saturated heterocycles. The van der Waals surface area contributed by atoms with Gasteiger partial charge in [-0.15, -0.1) is 0 Å². The maximum Gasteiger partial charge on any atom is 0.264 e. The van der Waals surface area contributed by atoms with Gasteiger partial charge in [-0.2, -0.15) is 0 Å². The Hall–Kier alpha value is -3.27. The maximum atomic E-state index is 14.1. The van der Waals surface area contributed by atoms with Crippen LogP contribution in [-0.4, -0.2) is 51.4 Å². The molecular weight excluding hydrogens is 585 g/mol. The third-order valence-electron chi connectivity index (χ3n) is 6.36. The van der Waals surface area contributed by atoms with E-state index in [1.54, 1.807) is 67.6 Å². The zero-order chi connectivity index (χ0) is 30.2. The first-order chi connectivity index (χ1) is 19.5. The van der Waals surface area contributed by atoms with Gasteiger partial charge in [0.05, 0.1) is 27.7 Å². The quantitative estimate of drug-likeness (QED) is 0.262. The number of hydrogen-bond acceptors (Lipinski definition) is 5. The molecule has 1 N–H and O–H groups in total. The molecular formula is C30H35Cl2N3O5S. The number of nitrogens with zero attached hydrogens (tertiary/aromatic N) is 2. The van der Waals surface area contributed by atoms with E-state index in [-0.39, 0.29) is 29.0 Å². The molecule has 0 bridgehead atoms. The number of benzene rings is 3. The van der Waals surface area contributed by atoms with Gasteiger partial charge in [-0.1, -0.05) is 74.3 Å². The molecule has 1 atom stereocenters. The molecule has 3 aromatic carbocycles. The van der Waals surface area contributed by atoms with Crippen molar-refractivity contribution in [1.29, 1.82) is 0 Å². The van der Waals surface area contributed by atoms with Crippen molar-refractivity contribution in [3.05, 3.63) is 88.4 Å². The van der Waals surface area contributed by atoms with Gasteiger partial charge in [-0.25, -0.2) is 8.42 Å². The number of amides is 2. The fourth-order valence-electron chi connectivity index (χ4n) is 4.19. The lowest BCUT2D eigenvalue weighted by atomic mass is 10.1. The van der Waals surface area contributed by atoms with E-state index >= 15 is 0 Å². The Morgan fingerprint density at radius 3 is 2.27 bits per heavy atom. The highest BCUT2D eigenvalue weighted by Gasteiger charge is 2.34. The smallest absolute Gasteiger partial charge is 0.264 e. The van der Waals surface area contributed by atoms with Crippen LogP contribution in [0, 0.1) is 5.92 Å². The molecule has 0 aliphatic rings. The monoisotopic (exact) mass is 619 g/mol. The Morgan fingerprint density at radius 1 is 0.951 bits per heavy atom. The Labute approximate surface area is 252 Å². The topological polar surface area (TPSA) is 96.0 Å². The first-order valence-corrected chi connectivity index (χ1v) is 15.4. The van der Waals surface area contributed by atoms with Crippen LogP contribution in [0.3, 0.4) is 0 Å². The van der Waals surface area contributed by atoms with Crippen molar-refractivity contribution in [3.63, 3.8) is 0 Å². The van der Waals surface area contributed by atoms with Gasteiger partial charge in [0.2, 0.25) is 11.8 Å². The Bertz CT molecular complexity index is 1450. The summed E-state index contributed by atoms with van der Waals surface area (Å²) in [6.45, 7) is 5.64. The number of carbonyl (C=O) groups excluding carboxylic acids is 2. The minimum Gasteiger partial charge on any atom is -0.497 e. The number of nitrogens with one attached hydrogen (secondary N) is 1. The fourth-order valence-corrected chi connectivity index (χ4v) is 5.94. The first-order valence-electron chi connectivity index (χ1n) is 13.2. The normalized spacial score (nSPS) is 12.1. The van der Waals surface area contributed by atoms with Crippen molar-refractivity contribution in [2.45, 2.75) is 44.7 Å². The number of ether oxygens (including phenoxy) is 1. The Kier molecular flexibility index (Phi) is 11.5. The molecule has 2 amide bonds. The van der Waals surface area contributed by atoms with Crippen LogP contribution in [0.4, 0.5) is 5.69 Å². The maximum absolute atomic E-state index is 14.1. The number of hydrogen-bond donors (Lipinski definition) is 1. The number of anilines is 1. The van der Waals surface area contributed by atoms with Gasteiger partial charge < -0.3 is 15.0 Å². The van der Waals surface area contributed by atoms with E-state index in [1.807, 2.05) is 13.8 Å². The molecule has 0 fully saturated rings. The van der Waals surface area contributed by atoms with Gasteiger partial charge in [0, 0.05) is 19.2 Å². The van der Waals surface area contributed by atoms with Crippen molar-refractivity contribution >= 4 is 50.7 Å². The van der Waals surface area contributed by atoms with Crippen LogP contribution in [0.25, 0.3) is 0 Å². The zero-order valence-corrected chi connectivity index (χ0v) is 25.8. The van der Waals surface area contributed by atoms with Gasteiger partial charge in [0.25, 0.3) is 10.0 Å². The second kappa shape index (κ2) is 14.6. The van der Waals surface area contributed by atoms with E-state index in [1.165, 1.54) is 24.1 Å². The third-order valence-corrected chi connectivity index (χ3v) is 8.89. The summed E-state index contributed by atoms with van der Waals surface area (Å²) in [5.41, 5.74) is 0.884. The number of carbonyl (C=O) groups is 2. The SMILES string of the molecule is CCC(C(=O)NCC(C)C)N(Cc1ccc(Cl)c(Cl)c1)C(=O)CN(c1cccc(OC)c1)S(=O)(=O)c1ccccc1. The number of methoxy groups -OCH3 is 1. The van der Waals surface area contributed by atoms with Crippen LogP contribution in [0.1, 0.15) is 32.8 Å². The molecule has 3 aromatic rings. The largest absolute Gasteiger partial charge is 0.497 e. The molecule has 11 heteroatoms. The van der Waals surface area contributed by atoms with Crippen molar-refractivity contribution < 1.29 is 22.7 Å². The van der Waals surface area contributed by atoms with E-state index in [9.17, 15) is 18.0 Å².